The maximum absolute atomic E-state index is 12.6. The average Bonchev–Trinajstić information content (AvgIpc) is 2.72. The molecule has 1 aliphatic carbocycles. The molecule has 1 aromatic carbocycles. The Morgan fingerprint density at radius 3 is 2.46 bits per heavy atom. The zero-order valence-electron chi connectivity index (χ0n) is 16.5. The zero-order valence-corrected chi connectivity index (χ0v) is 16.5. The number of hydrogen-bond acceptors (Lipinski definition) is 6. The van der Waals surface area contributed by atoms with Crippen molar-refractivity contribution in [2.75, 3.05) is 39.2 Å². The molecule has 1 aliphatic heterocycles. The van der Waals surface area contributed by atoms with E-state index in [0.717, 1.165) is 25.4 Å². The molecule has 2 atom stereocenters. The second kappa shape index (κ2) is 9.19. The number of carbonyl (C=O) groups excluding carboxylic acids is 3. The SMILES string of the molecule is COC(=O)c1ccc(C(=O)OC)c(NC(=O)CN2CC[C@@H]3CCCC[C@@H]3C2)c1. The molecule has 0 aromatic heterocycles. The van der Waals surface area contributed by atoms with Crippen LogP contribution in [0.1, 0.15) is 52.8 Å². The molecule has 2 fully saturated rings. The highest BCUT2D eigenvalue weighted by Crippen LogP contribution is 2.35. The highest BCUT2D eigenvalue weighted by Gasteiger charge is 2.31. The van der Waals surface area contributed by atoms with E-state index in [1.807, 2.05) is 0 Å². The molecule has 2 aliphatic rings. The smallest absolute Gasteiger partial charge is 0.339 e. The first kappa shape index (κ1) is 20.3. The molecule has 0 radical (unpaired) electrons. The number of ether oxygens (including phenoxy) is 2. The fourth-order valence-electron chi connectivity index (χ4n) is 4.39. The second-order valence-electron chi connectivity index (χ2n) is 7.62. The van der Waals surface area contributed by atoms with Crippen molar-refractivity contribution < 1.29 is 23.9 Å². The first-order chi connectivity index (χ1) is 13.5. The second-order valence-corrected chi connectivity index (χ2v) is 7.62. The summed E-state index contributed by atoms with van der Waals surface area (Å²) in [6.45, 7) is 2.14. The van der Waals surface area contributed by atoms with Gasteiger partial charge in [0, 0.05) is 6.54 Å². The van der Waals surface area contributed by atoms with Gasteiger partial charge in [-0.15, -0.1) is 0 Å². The topological polar surface area (TPSA) is 84.9 Å². The molecule has 1 heterocycles. The number of benzene rings is 1. The Labute approximate surface area is 165 Å². The van der Waals surface area contributed by atoms with Crippen LogP contribution in [0.2, 0.25) is 0 Å². The van der Waals surface area contributed by atoms with E-state index < -0.39 is 11.9 Å². The molecule has 7 nitrogen and oxygen atoms in total. The molecule has 1 saturated carbocycles. The van der Waals surface area contributed by atoms with Gasteiger partial charge in [-0.25, -0.2) is 9.59 Å². The Bertz CT molecular complexity index is 748. The van der Waals surface area contributed by atoms with E-state index in [-0.39, 0.29) is 29.3 Å². The molecule has 7 heteroatoms. The maximum atomic E-state index is 12.6. The summed E-state index contributed by atoms with van der Waals surface area (Å²) in [4.78, 5) is 38.6. The standard InChI is InChI=1S/C21H28N2O5/c1-27-20(25)15-7-8-17(21(26)28-2)18(11-15)22-19(24)13-23-10-9-14-5-3-4-6-16(14)12-23/h7-8,11,14,16H,3-6,9-10,12-13H2,1-2H3,(H,22,24)/t14-,16+/m0/s1. The largest absolute Gasteiger partial charge is 0.465 e. The molecular weight excluding hydrogens is 360 g/mol. The number of nitrogens with zero attached hydrogens (tertiary/aromatic N) is 1. The van der Waals surface area contributed by atoms with Crippen LogP contribution < -0.4 is 5.32 Å². The number of esters is 2. The van der Waals surface area contributed by atoms with Crippen molar-refractivity contribution >= 4 is 23.5 Å². The molecule has 0 spiro atoms. The number of nitrogens with one attached hydrogen (secondary N) is 1. The van der Waals surface area contributed by atoms with Crippen LogP contribution in [0, 0.1) is 11.8 Å². The van der Waals surface area contributed by atoms with Crippen molar-refractivity contribution in [1.82, 2.24) is 4.90 Å². The van der Waals surface area contributed by atoms with Gasteiger partial charge in [0.25, 0.3) is 0 Å². The molecule has 1 N–H and O–H groups in total. The molecule has 1 amide bonds. The molecule has 0 unspecified atom stereocenters. The summed E-state index contributed by atoms with van der Waals surface area (Å²) in [6, 6.07) is 4.38. The van der Waals surface area contributed by atoms with Crippen molar-refractivity contribution in [3.63, 3.8) is 0 Å². The Hall–Kier alpha value is -2.41. The predicted molar refractivity (Wildman–Crippen MR) is 104 cm³/mol. The van der Waals surface area contributed by atoms with Crippen molar-refractivity contribution in [2.45, 2.75) is 32.1 Å². The van der Waals surface area contributed by atoms with Gasteiger partial charge in [0.05, 0.1) is 37.6 Å². The van der Waals surface area contributed by atoms with Crippen LogP contribution in [-0.4, -0.2) is 56.6 Å². The molecular formula is C21H28N2O5. The first-order valence-electron chi connectivity index (χ1n) is 9.84. The predicted octanol–water partition coefficient (Wildman–Crippen LogP) is 2.71. The number of hydrogen-bond donors (Lipinski definition) is 1. The number of amides is 1. The molecule has 28 heavy (non-hydrogen) atoms. The van der Waals surface area contributed by atoms with Crippen LogP contribution >= 0.6 is 0 Å². The van der Waals surface area contributed by atoms with Gasteiger partial charge in [-0.05, 0) is 49.4 Å². The summed E-state index contributed by atoms with van der Waals surface area (Å²) in [5.41, 5.74) is 0.718. The quantitative estimate of drug-likeness (QED) is 0.781. The maximum Gasteiger partial charge on any atom is 0.339 e. The third-order valence-electron chi connectivity index (χ3n) is 5.86. The van der Waals surface area contributed by atoms with Crippen LogP contribution in [0.15, 0.2) is 18.2 Å². The number of methoxy groups -OCH3 is 2. The minimum Gasteiger partial charge on any atom is -0.465 e. The van der Waals surface area contributed by atoms with Crippen molar-refractivity contribution in [3.05, 3.63) is 29.3 Å². The third-order valence-corrected chi connectivity index (χ3v) is 5.86. The van der Waals surface area contributed by atoms with Crippen LogP contribution in [0.3, 0.4) is 0 Å². The lowest BCUT2D eigenvalue weighted by Gasteiger charge is -2.41. The fourth-order valence-corrected chi connectivity index (χ4v) is 4.39. The fraction of sp³-hybridized carbons (Fsp3) is 0.571. The van der Waals surface area contributed by atoms with Gasteiger partial charge in [0.15, 0.2) is 0 Å². The summed E-state index contributed by atoms with van der Waals surface area (Å²) < 4.78 is 9.50. The lowest BCUT2D eigenvalue weighted by molar-refractivity contribution is -0.118. The molecule has 1 aromatic rings. The first-order valence-corrected chi connectivity index (χ1v) is 9.84. The van der Waals surface area contributed by atoms with Gasteiger partial charge in [0.2, 0.25) is 5.91 Å². The summed E-state index contributed by atoms with van der Waals surface area (Å²) in [5.74, 6) is 0.168. The zero-order chi connectivity index (χ0) is 20.1. The Kier molecular flexibility index (Phi) is 6.67. The van der Waals surface area contributed by atoms with Crippen LogP contribution in [-0.2, 0) is 14.3 Å². The normalized spacial score (nSPS) is 22.1. The number of fused-ring (bicyclic) bond motifs is 1. The van der Waals surface area contributed by atoms with Gasteiger partial charge in [-0.3, -0.25) is 9.69 Å². The molecule has 3 rings (SSSR count). The molecule has 152 valence electrons. The number of rotatable bonds is 5. The van der Waals surface area contributed by atoms with Crippen molar-refractivity contribution in [2.24, 2.45) is 11.8 Å². The van der Waals surface area contributed by atoms with E-state index in [0.29, 0.717) is 5.92 Å². The molecule has 0 bridgehead atoms. The summed E-state index contributed by atoms with van der Waals surface area (Å²) in [7, 11) is 2.56. The van der Waals surface area contributed by atoms with Gasteiger partial charge < -0.3 is 14.8 Å². The van der Waals surface area contributed by atoms with E-state index in [1.54, 1.807) is 0 Å². The van der Waals surface area contributed by atoms with E-state index in [2.05, 4.69) is 10.2 Å². The van der Waals surface area contributed by atoms with E-state index in [4.69, 9.17) is 9.47 Å². The van der Waals surface area contributed by atoms with E-state index in [9.17, 15) is 14.4 Å². The monoisotopic (exact) mass is 388 g/mol. The number of carbonyl (C=O) groups is 3. The average molecular weight is 388 g/mol. The van der Waals surface area contributed by atoms with Gasteiger partial charge in [0.1, 0.15) is 0 Å². The van der Waals surface area contributed by atoms with Crippen LogP contribution in [0.25, 0.3) is 0 Å². The minimum absolute atomic E-state index is 0.203. The molecule has 1 saturated heterocycles. The summed E-state index contributed by atoms with van der Waals surface area (Å²) in [6.07, 6.45) is 6.31. The lowest BCUT2D eigenvalue weighted by Crippen LogP contribution is -2.44. The number of likely N-dealkylation sites (tertiary alicyclic amines) is 1. The number of piperidine rings is 1. The number of anilines is 1. The Balaban J connectivity index is 1.68. The summed E-state index contributed by atoms with van der Waals surface area (Å²) >= 11 is 0. The third kappa shape index (κ3) is 4.70. The van der Waals surface area contributed by atoms with Crippen LogP contribution in [0.5, 0.6) is 0 Å². The van der Waals surface area contributed by atoms with Crippen molar-refractivity contribution in [3.8, 4) is 0 Å². The Morgan fingerprint density at radius 1 is 1.04 bits per heavy atom. The lowest BCUT2D eigenvalue weighted by atomic mass is 9.75. The Morgan fingerprint density at radius 2 is 1.75 bits per heavy atom. The van der Waals surface area contributed by atoms with Gasteiger partial charge >= 0.3 is 11.9 Å². The minimum atomic E-state index is -0.574. The highest BCUT2D eigenvalue weighted by molar-refractivity contribution is 6.03. The van der Waals surface area contributed by atoms with Crippen molar-refractivity contribution in [1.29, 1.82) is 0 Å². The van der Waals surface area contributed by atoms with Crippen LogP contribution in [0.4, 0.5) is 5.69 Å². The van der Waals surface area contributed by atoms with E-state index in [1.165, 1.54) is 58.1 Å². The van der Waals surface area contributed by atoms with E-state index >= 15 is 0 Å². The highest BCUT2D eigenvalue weighted by atomic mass is 16.5. The van der Waals surface area contributed by atoms with Gasteiger partial charge in [-0.2, -0.15) is 0 Å². The van der Waals surface area contributed by atoms with Gasteiger partial charge in [-0.1, -0.05) is 19.3 Å². The summed E-state index contributed by atoms with van der Waals surface area (Å²) in [5, 5.41) is 2.78.